The summed E-state index contributed by atoms with van der Waals surface area (Å²) in [5.41, 5.74) is 2.16. The molecule has 1 unspecified atom stereocenters. The molecule has 0 saturated heterocycles. The van der Waals surface area contributed by atoms with Crippen LogP contribution in [0, 0.1) is 0 Å². The van der Waals surface area contributed by atoms with Crippen molar-refractivity contribution in [3.8, 4) is 0 Å². The molecule has 1 aromatic carbocycles. The van der Waals surface area contributed by atoms with Gasteiger partial charge in [-0.2, -0.15) is 0 Å². The molecule has 2 rings (SSSR count). The number of aliphatic hydroxyl groups is 1. The van der Waals surface area contributed by atoms with Crippen LogP contribution in [-0.2, 0) is 4.79 Å². The van der Waals surface area contributed by atoms with E-state index in [0.29, 0.717) is 11.3 Å². The van der Waals surface area contributed by atoms with Crippen LogP contribution in [0.15, 0.2) is 54.9 Å². The Labute approximate surface area is 117 Å². The predicted molar refractivity (Wildman–Crippen MR) is 79.0 cm³/mol. The van der Waals surface area contributed by atoms with E-state index in [0.717, 1.165) is 5.56 Å². The van der Waals surface area contributed by atoms with Crippen LogP contribution >= 0.6 is 0 Å². The molecule has 0 spiro atoms. The van der Waals surface area contributed by atoms with Crippen LogP contribution in [0.4, 0.5) is 5.69 Å². The highest BCUT2D eigenvalue weighted by Crippen LogP contribution is 2.22. The molecular formula is C16H16N2O2. The summed E-state index contributed by atoms with van der Waals surface area (Å²) in [6.07, 6.45) is 5.85. The van der Waals surface area contributed by atoms with Crippen molar-refractivity contribution in [2.24, 2.45) is 0 Å². The Morgan fingerprint density at radius 1 is 1.30 bits per heavy atom. The average molecular weight is 268 g/mol. The van der Waals surface area contributed by atoms with Gasteiger partial charge in [-0.3, -0.25) is 9.78 Å². The van der Waals surface area contributed by atoms with Gasteiger partial charge in [0.05, 0.1) is 6.10 Å². The summed E-state index contributed by atoms with van der Waals surface area (Å²) in [6, 6.07) is 10.8. The lowest BCUT2D eigenvalue weighted by Crippen LogP contribution is -2.10. The van der Waals surface area contributed by atoms with E-state index in [4.69, 9.17) is 0 Å². The molecule has 0 radical (unpaired) electrons. The van der Waals surface area contributed by atoms with Crippen LogP contribution in [0.2, 0.25) is 0 Å². The maximum atomic E-state index is 11.9. The molecule has 0 aliphatic heterocycles. The summed E-state index contributed by atoms with van der Waals surface area (Å²) in [7, 11) is 0. The van der Waals surface area contributed by atoms with E-state index in [1.807, 2.05) is 18.2 Å². The first-order valence-electron chi connectivity index (χ1n) is 6.33. The third-order valence-electron chi connectivity index (χ3n) is 2.78. The Kier molecular flexibility index (Phi) is 4.63. The largest absolute Gasteiger partial charge is 0.389 e. The number of anilines is 1. The Balaban J connectivity index is 2.07. The number of carbonyl (C=O) groups is 1. The minimum Gasteiger partial charge on any atom is -0.389 e. The number of benzene rings is 1. The van der Waals surface area contributed by atoms with Crippen molar-refractivity contribution in [2.45, 2.75) is 13.0 Å². The number of hydrogen-bond donors (Lipinski definition) is 2. The van der Waals surface area contributed by atoms with E-state index >= 15 is 0 Å². The highest BCUT2D eigenvalue weighted by atomic mass is 16.3. The summed E-state index contributed by atoms with van der Waals surface area (Å²) >= 11 is 0. The van der Waals surface area contributed by atoms with Gasteiger partial charge in [-0.15, -0.1) is 0 Å². The second-order valence-corrected chi connectivity index (χ2v) is 4.37. The first-order chi connectivity index (χ1) is 9.66. The SMILES string of the molecule is CC(O)c1ccccc1NC(=O)C=Cc1cccnc1. The van der Waals surface area contributed by atoms with Crippen molar-refractivity contribution in [2.75, 3.05) is 5.32 Å². The number of pyridine rings is 1. The molecule has 1 heterocycles. The van der Waals surface area contributed by atoms with Crippen LogP contribution in [0.5, 0.6) is 0 Å². The molecule has 102 valence electrons. The van der Waals surface area contributed by atoms with E-state index in [1.165, 1.54) is 6.08 Å². The van der Waals surface area contributed by atoms with Gasteiger partial charge in [0.1, 0.15) is 0 Å². The van der Waals surface area contributed by atoms with Gasteiger partial charge in [0.2, 0.25) is 5.91 Å². The van der Waals surface area contributed by atoms with Gasteiger partial charge in [0.25, 0.3) is 0 Å². The molecule has 1 atom stereocenters. The number of aromatic nitrogens is 1. The zero-order valence-electron chi connectivity index (χ0n) is 11.2. The van der Waals surface area contributed by atoms with E-state index in [2.05, 4.69) is 10.3 Å². The quantitative estimate of drug-likeness (QED) is 0.838. The fraction of sp³-hybridized carbons (Fsp3) is 0.125. The molecule has 0 aliphatic rings. The molecule has 2 aromatic rings. The number of aliphatic hydroxyl groups excluding tert-OH is 1. The Bertz CT molecular complexity index is 607. The van der Waals surface area contributed by atoms with Crippen molar-refractivity contribution in [3.05, 3.63) is 66.0 Å². The number of rotatable bonds is 4. The van der Waals surface area contributed by atoms with E-state index in [1.54, 1.807) is 43.6 Å². The number of nitrogens with one attached hydrogen (secondary N) is 1. The van der Waals surface area contributed by atoms with Gasteiger partial charge in [-0.1, -0.05) is 24.3 Å². The summed E-state index contributed by atoms with van der Waals surface area (Å²) in [5, 5.41) is 12.4. The molecule has 1 aromatic heterocycles. The van der Waals surface area contributed by atoms with Gasteiger partial charge in [0.15, 0.2) is 0 Å². The van der Waals surface area contributed by atoms with Crippen LogP contribution in [0.3, 0.4) is 0 Å². The third-order valence-corrected chi connectivity index (χ3v) is 2.78. The molecule has 4 nitrogen and oxygen atoms in total. The fourth-order valence-corrected chi connectivity index (χ4v) is 1.80. The van der Waals surface area contributed by atoms with Gasteiger partial charge in [-0.05, 0) is 30.7 Å². The number of para-hydroxylation sites is 1. The average Bonchev–Trinajstić information content (AvgIpc) is 2.46. The third kappa shape index (κ3) is 3.76. The van der Waals surface area contributed by atoms with Crippen molar-refractivity contribution in [1.29, 1.82) is 0 Å². The smallest absolute Gasteiger partial charge is 0.248 e. The molecule has 20 heavy (non-hydrogen) atoms. The first kappa shape index (κ1) is 14.0. The standard InChI is InChI=1S/C16H16N2O2/c1-12(19)14-6-2-3-7-15(14)18-16(20)9-8-13-5-4-10-17-11-13/h2-12,19H,1H3,(H,18,20). The molecule has 2 N–H and O–H groups in total. The summed E-state index contributed by atoms with van der Waals surface area (Å²) in [6.45, 7) is 1.66. The summed E-state index contributed by atoms with van der Waals surface area (Å²) < 4.78 is 0. The molecule has 4 heteroatoms. The van der Waals surface area contributed by atoms with Crippen molar-refractivity contribution >= 4 is 17.7 Å². The minimum atomic E-state index is -0.631. The lowest BCUT2D eigenvalue weighted by Gasteiger charge is -2.11. The molecule has 0 aliphatic carbocycles. The van der Waals surface area contributed by atoms with Crippen LogP contribution in [0.25, 0.3) is 6.08 Å². The number of carbonyl (C=O) groups excluding carboxylic acids is 1. The van der Waals surface area contributed by atoms with Gasteiger partial charge < -0.3 is 10.4 Å². The second-order valence-electron chi connectivity index (χ2n) is 4.37. The normalized spacial score (nSPS) is 12.3. The highest BCUT2D eigenvalue weighted by molar-refractivity contribution is 6.02. The van der Waals surface area contributed by atoms with E-state index in [-0.39, 0.29) is 5.91 Å². The van der Waals surface area contributed by atoms with Gasteiger partial charge in [-0.25, -0.2) is 0 Å². The maximum Gasteiger partial charge on any atom is 0.248 e. The molecule has 0 bridgehead atoms. The number of hydrogen-bond acceptors (Lipinski definition) is 3. The van der Waals surface area contributed by atoms with Crippen LogP contribution in [0.1, 0.15) is 24.2 Å². The van der Waals surface area contributed by atoms with E-state index in [9.17, 15) is 9.90 Å². The lowest BCUT2D eigenvalue weighted by molar-refractivity contribution is -0.111. The van der Waals surface area contributed by atoms with Gasteiger partial charge >= 0.3 is 0 Å². The Hall–Kier alpha value is -2.46. The first-order valence-corrected chi connectivity index (χ1v) is 6.33. The van der Waals surface area contributed by atoms with Crippen molar-refractivity contribution in [1.82, 2.24) is 4.98 Å². The Morgan fingerprint density at radius 3 is 2.80 bits per heavy atom. The van der Waals surface area contributed by atoms with Crippen LogP contribution < -0.4 is 5.32 Å². The molecule has 0 fully saturated rings. The number of nitrogens with zero attached hydrogens (tertiary/aromatic N) is 1. The topological polar surface area (TPSA) is 62.2 Å². The molecular weight excluding hydrogens is 252 g/mol. The maximum absolute atomic E-state index is 11.9. The van der Waals surface area contributed by atoms with Gasteiger partial charge in [0, 0.05) is 29.7 Å². The lowest BCUT2D eigenvalue weighted by atomic mass is 10.1. The zero-order chi connectivity index (χ0) is 14.4. The molecule has 0 saturated carbocycles. The summed E-state index contributed by atoms with van der Waals surface area (Å²) in [4.78, 5) is 15.8. The van der Waals surface area contributed by atoms with Crippen LogP contribution in [-0.4, -0.2) is 16.0 Å². The van der Waals surface area contributed by atoms with Crippen molar-refractivity contribution < 1.29 is 9.90 Å². The highest BCUT2D eigenvalue weighted by Gasteiger charge is 2.08. The minimum absolute atomic E-state index is 0.248. The number of amides is 1. The summed E-state index contributed by atoms with van der Waals surface area (Å²) in [5.74, 6) is -0.248. The predicted octanol–water partition coefficient (Wildman–Crippen LogP) is 2.79. The fourth-order valence-electron chi connectivity index (χ4n) is 1.80. The van der Waals surface area contributed by atoms with Crippen molar-refractivity contribution in [3.63, 3.8) is 0 Å². The van der Waals surface area contributed by atoms with E-state index < -0.39 is 6.10 Å². The Morgan fingerprint density at radius 2 is 2.10 bits per heavy atom. The monoisotopic (exact) mass is 268 g/mol. The second kappa shape index (κ2) is 6.63. The zero-order valence-corrected chi connectivity index (χ0v) is 11.2. The molecule has 1 amide bonds.